The van der Waals surface area contributed by atoms with Gasteiger partial charge in [-0.25, -0.2) is 0 Å². The fraction of sp³-hybridized carbons (Fsp3) is 0.613. The number of nitrogens with one attached hydrogen (secondary N) is 1. The minimum atomic E-state index is 0.792. The quantitative estimate of drug-likeness (QED) is 0.329. The summed E-state index contributed by atoms with van der Waals surface area (Å²) in [5, 5.41) is 3.55. The highest BCUT2D eigenvalue weighted by molar-refractivity contribution is 5.48. The summed E-state index contributed by atoms with van der Waals surface area (Å²) in [5.41, 5.74) is 8.76. The van der Waals surface area contributed by atoms with Crippen LogP contribution < -0.4 is 5.32 Å². The van der Waals surface area contributed by atoms with Crippen molar-refractivity contribution >= 4 is 5.69 Å². The van der Waals surface area contributed by atoms with E-state index in [1.54, 1.807) is 5.56 Å². The van der Waals surface area contributed by atoms with Gasteiger partial charge in [0, 0.05) is 12.2 Å². The smallest absolute Gasteiger partial charge is 0.0343 e. The molecule has 2 aromatic carbocycles. The number of rotatable bonds is 12. The molecule has 0 atom stereocenters. The fourth-order valence-corrected chi connectivity index (χ4v) is 5.49. The third-order valence-corrected chi connectivity index (χ3v) is 7.77. The Morgan fingerprint density at radius 2 is 1.41 bits per heavy atom. The van der Waals surface area contributed by atoms with Crippen LogP contribution in [0, 0.1) is 19.8 Å². The maximum absolute atomic E-state index is 3.55. The maximum Gasteiger partial charge on any atom is 0.0343 e. The van der Waals surface area contributed by atoms with Gasteiger partial charge >= 0.3 is 0 Å². The van der Waals surface area contributed by atoms with Gasteiger partial charge in [0.2, 0.25) is 0 Å². The number of aryl methyl sites for hydroxylation is 4. The topological polar surface area (TPSA) is 12.0 Å². The summed E-state index contributed by atoms with van der Waals surface area (Å²) >= 11 is 0. The Morgan fingerprint density at radius 3 is 2.03 bits per heavy atom. The van der Waals surface area contributed by atoms with Crippen LogP contribution in [0.1, 0.15) is 112 Å². The van der Waals surface area contributed by atoms with Gasteiger partial charge in [-0.2, -0.15) is 0 Å². The SMILES string of the molecule is CCCCC[C@H]1CC[C@H](c2ccc(CCc3ccc(NCCCC)cc3C)c(C)c2)CC1. The molecule has 0 unspecified atom stereocenters. The average molecular weight is 434 g/mol. The monoisotopic (exact) mass is 433 g/mol. The number of hydrogen-bond acceptors (Lipinski definition) is 1. The van der Waals surface area contributed by atoms with E-state index in [2.05, 4.69) is 69.4 Å². The van der Waals surface area contributed by atoms with Crippen LogP contribution in [0.2, 0.25) is 0 Å². The number of hydrogen-bond donors (Lipinski definition) is 1. The third kappa shape index (κ3) is 7.39. The van der Waals surface area contributed by atoms with Crippen molar-refractivity contribution in [2.24, 2.45) is 5.92 Å². The van der Waals surface area contributed by atoms with Gasteiger partial charge in [0.15, 0.2) is 0 Å². The lowest BCUT2D eigenvalue weighted by Crippen LogP contribution is -2.13. The van der Waals surface area contributed by atoms with E-state index in [0.717, 1.165) is 31.2 Å². The van der Waals surface area contributed by atoms with Crippen molar-refractivity contribution in [1.29, 1.82) is 0 Å². The molecule has 3 rings (SSSR count). The van der Waals surface area contributed by atoms with Crippen LogP contribution in [0.3, 0.4) is 0 Å². The van der Waals surface area contributed by atoms with Crippen molar-refractivity contribution in [3.8, 4) is 0 Å². The van der Waals surface area contributed by atoms with E-state index in [1.165, 1.54) is 92.1 Å². The predicted octanol–water partition coefficient (Wildman–Crippen LogP) is 9.15. The number of benzene rings is 2. The summed E-state index contributed by atoms with van der Waals surface area (Å²) in [5.74, 6) is 1.79. The van der Waals surface area contributed by atoms with Crippen LogP contribution in [-0.2, 0) is 12.8 Å². The van der Waals surface area contributed by atoms with E-state index in [4.69, 9.17) is 0 Å². The molecule has 0 bridgehead atoms. The minimum Gasteiger partial charge on any atom is -0.385 e. The Labute approximate surface area is 198 Å². The van der Waals surface area contributed by atoms with Crippen LogP contribution in [-0.4, -0.2) is 6.54 Å². The Balaban J connectivity index is 1.50. The van der Waals surface area contributed by atoms with Gasteiger partial charge in [-0.1, -0.05) is 70.2 Å². The predicted molar refractivity (Wildman–Crippen MR) is 142 cm³/mol. The van der Waals surface area contributed by atoms with Crippen molar-refractivity contribution in [2.75, 3.05) is 11.9 Å². The van der Waals surface area contributed by atoms with Crippen LogP contribution in [0.15, 0.2) is 36.4 Å². The van der Waals surface area contributed by atoms with E-state index in [0.29, 0.717) is 0 Å². The summed E-state index contributed by atoms with van der Waals surface area (Å²) in [4.78, 5) is 0. The van der Waals surface area contributed by atoms with Crippen molar-refractivity contribution < 1.29 is 0 Å². The molecular weight excluding hydrogens is 386 g/mol. The molecule has 176 valence electrons. The molecule has 32 heavy (non-hydrogen) atoms. The zero-order chi connectivity index (χ0) is 22.8. The summed E-state index contributed by atoms with van der Waals surface area (Å²) in [6.07, 6.45) is 16.1. The molecule has 1 aliphatic rings. The van der Waals surface area contributed by atoms with Crippen LogP contribution in [0.25, 0.3) is 0 Å². The van der Waals surface area contributed by atoms with E-state index < -0.39 is 0 Å². The lowest BCUT2D eigenvalue weighted by atomic mass is 9.76. The lowest BCUT2D eigenvalue weighted by molar-refractivity contribution is 0.302. The van der Waals surface area contributed by atoms with E-state index in [1.807, 2.05) is 0 Å². The van der Waals surface area contributed by atoms with Crippen molar-refractivity contribution in [3.05, 3.63) is 64.2 Å². The molecule has 1 fully saturated rings. The molecule has 0 radical (unpaired) electrons. The molecule has 1 saturated carbocycles. The lowest BCUT2D eigenvalue weighted by Gasteiger charge is -2.29. The van der Waals surface area contributed by atoms with Gasteiger partial charge in [-0.15, -0.1) is 0 Å². The second-order valence-electron chi connectivity index (χ2n) is 10.3. The van der Waals surface area contributed by atoms with Gasteiger partial charge in [0.05, 0.1) is 0 Å². The summed E-state index contributed by atoms with van der Waals surface area (Å²) < 4.78 is 0. The molecular formula is C31H47N. The molecule has 0 heterocycles. The molecule has 2 aromatic rings. The molecule has 0 spiro atoms. The first kappa shape index (κ1) is 24.9. The van der Waals surface area contributed by atoms with Gasteiger partial charge in [-0.3, -0.25) is 0 Å². The Morgan fingerprint density at radius 1 is 0.750 bits per heavy atom. The number of unbranched alkanes of at least 4 members (excludes halogenated alkanes) is 3. The van der Waals surface area contributed by atoms with E-state index >= 15 is 0 Å². The van der Waals surface area contributed by atoms with E-state index in [9.17, 15) is 0 Å². The molecule has 1 heteroatoms. The molecule has 1 aliphatic carbocycles. The Kier molecular flexibility index (Phi) is 10.2. The van der Waals surface area contributed by atoms with Gasteiger partial charge in [0.1, 0.15) is 0 Å². The maximum atomic E-state index is 3.55. The second kappa shape index (κ2) is 13.1. The van der Waals surface area contributed by atoms with Crippen molar-refractivity contribution in [2.45, 2.75) is 111 Å². The molecule has 1 N–H and O–H groups in total. The van der Waals surface area contributed by atoms with Crippen LogP contribution >= 0.6 is 0 Å². The van der Waals surface area contributed by atoms with Gasteiger partial charge in [-0.05, 0) is 111 Å². The molecule has 0 amide bonds. The fourth-order valence-electron chi connectivity index (χ4n) is 5.49. The third-order valence-electron chi connectivity index (χ3n) is 7.77. The van der Waals surface area contributed by atoms with Crippen molar-refractivity contribution in [1.82, 2.24) is 0 Å². The number of anilines is 1. The summed E-state index contributed by atoms with van der Waals surface area (Å²) in [6.45, 7) is 10.2. The molecule has 1 nitrogen and oxygen atoms in total. The molecule has 0 saturated heterocycles. The van der Waals surface area contributed by atoms with Gasteiger partial charge < -0.3 is 5.32 Å². The molecule has 0 aromatic heterocycles. The Hall–Kier alpha value is -1.76. The second-order valence-corrected chi connectivity index (χ2v) is 10.3. The normalized spacial score (nSPS) is 18.6. The molecule has 0 aliphatic heterocycles. The standard InChI is InChI=1S/C31H47N/c1-5-7-9-10-26-11-13-29(14-12-26)30-18-17-27(24(3)22-30)15-16-28-19-20-31(23-25(28)4)32-21-8-6-2/h17-20,22-23,26,29,32H,5-16,21H2,1-4H3/t26-,29-. The highest BCUT2D eigenvalue weighted by Gasteiger charge is 2.22. The van der Waals surface area contributed by atoms with Crippen molar-refractivity contribution in [3.63, 3.8) is 0 Å². The summed E-state index contributed by atoms with van der Waals surface area (Å²) in [7, 11) is 0. The first-order chi connectivity index (χ1) is 15.6. The zero-order valence-corrected chi connectivity index (χ0v) is 21.3. The van der Waals surface area contributed by atoms with Gasteiger partial charge in [0.25, 0.3) is 0 Å². The zero-order valence-electron chi connectivity index (χ0n) is 21.3. The van der Waals surface area contributed by atoms with Crippen LogP contribution in [0.5, 0.6) is 0 Å². The highest BCUT2D eigenvalue weighted by Crippen LogP contribution is 2.38. The summed E-state index contributed by atoms with van der Waals surface area (Å²) in [6, 6.07) is 14.3. The Bertz CT molecular complexity index is 813. The minimum absolute atomic E-state index is 0.792. The first-order valence-corrected chi connectivity index (χ1v) is 13.5. The largest absolute Gasteiger partial charge is 0.385 e. The highest BCUT2D eigenvalue weighted by atomic mass is 14.9. The average Bonchev–Trinajstić information content (AvgIpc) is 2.80. The van der Waals surface area contributed by atoms with E-state index in [-0.39, 0.29) is 0 Å². The van der Waals surface area contributed by atoms with Crippen LogP contribution in [0.4, 0.5) is 5.69 Å². The first-order valence-electron chi connectivity index (χ1n) is 13.5.